The van der Waals surface area contributed by atoms with Gasteiger partial charge in [0.25, 0.3) is 0 Å². The van der Waals surface area contributed by atoms with E-state index in [1.165, 1.54) is 39.2 Å². The summed E-state index contributed by atoms with van der Waals surface area (Å²) in [6, 6.07) is 20.8. The van der Waals surface area contributed by atoms with Crippen molar-refractivity contribution in [3.63, 3.8) is 0 Å². The summed E-state index contributed by atoms with van der Waals surface area (Å²) in [6.07, 6.45) is 3.24. The summed E-state index contributed by atoms with van der Waals surface area (Å²) >= 11 is -1.41. The number of aliphatic hydroxyl groups excluding tert-OH is 1. The minimum atomic E-state index is -1.80. The van der Waals surface area contributed by atoms with E-state index in [0.717, 1.165) is 11.3 Å². The molecule has 0 unspecified atom stereocenters. The molecule has 2 aromatic carbocycles. The second-order valence-electron chi connectivity index (χ2n) is 8.30. The molecule has 1 N–H and O–H groups in total. The molecule has 0 bridgehead atoms. The maximum Gasteiger partial charge on any atom is 0 e. The first-order valence-electron chi connectivity index (χ1n) is 9.83. The van der Waals surface area contributed by atoms with Crippen molar-refractivity contribution in [2.45, 2.75) is 31.1 Å². The molecule has 0 aliphatic heterocycles. The Labute approximate surface area is 206 Å². The Morgan fingerprint density at radius 2 is 1.77 bits per heavy atom. The molecule has 4 rings (SSSR count). The number of hydrogen-bond donors (Lipinski definition) is 1. The van der Waals surface area contributed by atoms with Crippen LogP contribution in [-0.4, -0.2) is 43.6 Å². The summed E-state index contributed by atoms with van der Waals surface area (Å²) in [5.74, 6) is 7.31. The molecule has 2 heterocycles. The van der Waals surface area contributed by atoms with Crippen LogP contribution in [0.4, 0.5) is 0 Å². The number of carbonyl (C=O) groups is 1. The Kier molecular flexibility index (Phi) is 9.05. The molecule has 2 aromatic heterocycles. The fourth-order valence-electron chi connectivity index (χ4n) is 3.14. The van der Waals surface area contributed by atoms with E-state index >= 15 is 0 Å². The molecule has 0 spiro atoms. The van der Waals surface area contributed by atoms with E-state index in [1.807, 2.05) is 18.2 Å². The molecule has 0 amide bonds. The zero-order chi connectivity index (χ0) is 21.9. The number of aromatic nitrogens is 1. The molecule has 6 heteroatoms. The Bertz CT molecular complexity index is 1220. The normalized spacial score (nSPS) is 11.6. The number of ketones is 1. The van der Waals surface area contributed by atoms with Crippen molar-refractivity contribution in [2.75, 3.05) is 0 Å². The summed E-state index contributed by atoms with van der Waals surface area (Å²) in [5, 5.41) is 11.2. The van der Waals surface area contributed by atoms with Gasteiger partial charge in [-0.15, -0.1) is 0 Å². The average molecular weight is 716 g/mol. The summed E-state index contributed by atoms with van der Waals surface area (Å²) in [6.45, 7) is 2.85. The van der Waals surface area contributed by atoms with Crippen LogP contribution < -0.4 is 4.40 Å². The van der Waals surface area contributed by atoms with Crippen LogP contribution in [0.15, 0.2) is 66.6 Å². The van der Waals surface area contributed by atoms with Crippen LogP contribution in [0.3, 0.4) is 0 Å². The second kappa shape index (κ2) is 10.9. The van der Waals surface area contributed by atoms with Gasteiger partial charge in [0.05, 0.1) is 5.76 Å². The molecular formula is C25H26GeIrNO2Se-. The maximum absolute atomic E-state index is 10.0. The van der Waals surface area contributed by atoms with Gasteiger partial charge in [-0.3, -0.25) is 4.79 Å². The molecule has 0 aliphatic carbocycles. The molecule has 3 nitrogen and oxygen atoms in total. The van der Waals surface area contributed by atoms with Crippen LogP contribution in [0.1, 0.15) is 13.8 Å². The zero-order valence-corrected chi connectivity index (χ0v) is 24.5. The number of allylic oxidation sites excluding steroid dienone is 2. The van der Waals surface area contributed by atoms with Crippen molar-refractivity contribution in [1.82, 2.24) is 4.98 Å². The SMILES string of the molecule is CC(=O)/C=C(/C)O.[CH3][Ge]([CH3])([CH3])[c]1ccc2[se]c3cnc(-c4[c-]cccc4)cc3c2c1.[Ir]. The van der Waals surface area contributed by atoms with E-state index in [-0.39, 0.29) is 31.6 Å². The van der Waals surface area contributed by atoms with E-state index in [4.69, 9.17) is 5.11 Å². The van der Waals surface area contributed by atoms with Gasteiger partial charge in [0, 0.05) is 26.2 Å². The van der Waals surface area contributed by atoms with Gasteiger partial charge < -0.3 is 5.11 Å². The van der Waals surface area contributed by atoms with Gasteiger partial charge >= 0.3 is 146 Å². The zero-order valence-electron chi connectivity index (χ0n) is 18.3. The second-order valence-corrected chi connectivity index (χ2v) is 21.2. The molecule has 0 saturated carbocycles. The largest absolute Gasteiger partial charge is 0 e. The Morgan fingerprint density at radius 3 is 2.32 bits per heavy atom. The predicted molar refractivity (Wildman–Crippen MR) is 131 cm³/mol. The van der Waals surface area contributed by atoms with E-state index in [1.54, 1.807) is 4.40 Å². The van der Waals surface area contributed by atoms with Crippen molar-refractivity contribution in [1.29, 1.82) is 0 Å². The minimum absolute atomic E-state index is 0. The number of hydrogen-bond acceptors (Lipinski definition) is 3. The monoisotopic (exact) mass is 719 g/mol. The van der Waals surface area contributed by atoms with Gasteiger partial charge in [-0.2, -0.15) is 0 Å². The van der Waals surface area contributed by atoms with Crippen LogP contribution in [-0.2, 0) is 24.9 Å². The van der Waals surface area contributed by atoms with Gasteiger partial charge in [0.15, 0.2) is 5.78 Å². The summed E-state index contributed by atoms with van der Waals surface area (Å²) in [7, 11) is 0. The minimum Gasteiger partial charge on any atom is 0 e. The van der Waals surface area contributed by atoms with E-state index in [2.05, 4.69) is 64.8 Å². The molecule has 4 aromatic rings. The standard InChI is InChI=1S/C20H18GeNSe.C5H8O2.Ir/c1-21(2,3)15-9-10-19-16(11-15)17-12-18(22-13-20(17)23-19)14-7-5-4-6-8-14;1-4(6)3-5(2)7;/h4-7,9-13H,1-3H3;3,6H,1-2H3;/q-1;;/b;4-3-;. The van der Waals surface area contributed by atoms with Crippen molar-refractivity contribution in [2.24, 2.45) is 0 Å². The topological polar surface area (TPSA) is 50.2 Å². The molecule has 1 radical (unpaired) electrons. The number of rotatable bonds is 3. The fourth-order valence-corrected chi connectivity index (χ4v) is 7.75. The first-order valence-corrected chi connectivity index (χ1v) is 18.9. The smallest absolute Gasteiger partial charge is 0 e. The van der Waals surface area contributed by atoms with Gasteiger partial charge in [-0.25, -0.2) is 0 Å². The third-order valence-corrected chi connectivity index (χ3v) is 11.3. The third kappa shape index (κ3) is 6.74. The average Bonchev–Trinajstić information content (AvgIpc) is 3.04. The number of fused-ring (bicyclic) bond motifs is 3. The molecule has 0 aliphatic rings. The molecular weight excluding hydrogens is 690 g/mol. The van der Waals surface area contributed by atoms with Crippen LogP contribution in [0.5, 0.6) is 0 Å². The third-order valence-electron chi connectivity index (χ3n) is 4.62. The van der Waals surface area contributed by atoms with E-state index < -0.39 is 13.3 Å². The van der Waals surface area contributed by atoms with Gasteiger partial charge in [-0.05, 0) is 13.8 Å². The predicted octanol–water partition coefficient (Wildman–Crippen LogP) is 5.49. The molecule has 163 valence electrons. The van der Waals surface area contributed by atoms with Crippen molar-refractivity contribution in [3.8, 4) is 11.3 Å². The summed E-state index contributed by atoms with van der Waals surface area (Å²) in [5.41, 5.74) is 2.09. The molecule has 0 saturated heterocycles. The maximum atomic E-state index is 10.0. The van der Waals surface area contributed by atoms with Crippen LogP contribution in [0, 0.1) is 6.07 Å². The molecule has 0 fully saturated rings. The Balaban J connectivity index is 0.000000373. The quantitative estimate of drug-likeness (QED) is 0.132. The first-order chi connectivity index (χ1) is 14.1. The number of aliphatic hydroxyl groups is 1. The van der Waals surface area contributed by atoms with Gasteiger partial charge in [-0.1, -0.05) is 0 Å². The van der Waals surface area contributed by atoms with E-state index in [0.29, 0.717) is 14.5 Å². The van der Waals surface area contributed by atoms with Crippen LogP contribution in [0.2, 0.25) is 17.3 Å². The van der Waals surface area contributed by atoms with Crippen molar-refractivity contribution < 1.29 is 30.0 Å². The number of benzene rings is 2. The van der Waals surface area contributed by atoms with Gasteiger partial charge in [0.1, 0.15) is 0 Å². The number of carbonyl (C=O) groups excluding carboxylic acids is 1. The van der Waals surface area contributed by atoms with Crippen LogP contribution in [0.25, 0.3) is 30.6 Å². The molecule has 0 atom stereocenters. The van der Waals surface area contributed by atoms with Crippen LogP contribution >= 0.6 is 0 Å². The van der Waals surface area contributed by atoms with Gasteiger partial charge in [0.2, 0.25) is 0 Å². The van der Waals surface area contributed by atoms with Crippen molar-refractivity contribution >= 4 is 57.2 Å². The fraction of sp³-hybridized carbons (Fsp3) is 0.200. The summed E-state index contributed by atoms with van der Waals surface area (Å²) < 4.78 is 4.49. The summed E-state index contributed by atoms with van der Waals surface area (Å²) in [4.78, 5) is 14.7. The van der Waals surface area contributed by atoms with E-state index in [9.17, 15) is 4.79 Å². The molecule has 31 heavy (non-hydrogen) atoms. The number of pyridine rings is 1. The van der Waals surface area contributed by atoms with Crippen molar-refractivity contribution in [3.05, 3.63) is 72.6 Å². The Hall–Kier alpha value is -1.49. The first kappa shape index (κ1) is 25.8. The number of nitrogens with zero attached hydrogens (tertiary/aromatic N) is 1. The Morgan fingerprint density at radius 1 is 1.06 bits per heavy atom.